The number of anilines is 1. The predicted molar refractivity (Wildman–Crippen MR) is 76.3 cm³/mol. The van der Waals surface area contributed by atoms with E-state index in [0.717, 1.165) is 28.7 Å². The first kappa shape index (κ1) is 12.9. The fraction of sp³-hybridized carbons (Fsp3) is 0.643. The van der Waals surface area contributed by atoms with Crippen LogP contribution in [0.4, 0.5) is 5.82 Å². The van der Waals surface area contributed by atoms with Crippen molar-refractivity contribution in [1.82, 2.24) is 4.98 Å². The van der Waals surface area contributed by atoms with E-state index >= 15 is 0 Å². The lowest BCUT2D eigenvalue weighted by molar-refractivity contribution is 0.300. The molecule has 3 heteroatoms. The molecule has 0 aliphatic heterocycles. The van der Waals surface area contributed by atoms with Crippen molar-refractivity contribution in [3.63, 3.8) is 0 Å². The van der Waals surface area contributed by atoms with Gasteiger partial charge in [0.15, 0.2) is 0 Å². The van der Waals surface area contributed by atoms with Crippen LogP contribution < -0.4 is 5.32 Å². The minimum absolute atomic E-state index is 0.821. The molecule has 1 aliphatic carbocycles. The van der Waals surface area contributed by atoms with Gasteiger partial charge in [-0.15, -0.1) is 0 Å². The van der Waals surface area contributed by atoms with Crippen molar-refractivity contribution in [3.8, 4) is 0 Å². The molecule has 0 aromatic carbocycles. The predicted octanol–water partition coefficient (Wildman–Crippen LogP) is 4.39. The smallest absolute Gasteiger partial charge is 0.140 e. The normalized spacial score (nSPS) is 24.6. The van der Waals surface area contributed by atoms with Crippen molar-refractivity contribution in [2.24, 2.45) is 11.8 Å². The molecule has 0 spiro atoms. The lowest BCUT2D eigenvalue weighted by atomic mass is 9.83. The zero-order chi connectivity index (χ0) is 12.3. The van der Waals surface area contributed by atoms with Gasteiger partial charge in [0.1, 0.15) is 5.82 Å². The summed E-state index contributed by atoms with van der Waals surface area (Å²) in [6.45, 7) is 5.48. The van der Waals surface area contributed by atoms with Gasteiger partial charge in [-0.3, -0.25) is 0 Å². The van der Waals surface area contributed by atoms with Crippen LogP contribution in [0.2, 0.25) is 0 Å². The first-order chi connectivity index (χ1) is 8.15. The molecule has 1 heterocycles. The Morgan fingerprint density at radius 3 is 2.71 bits per heavy atom. The van der Waals surface area contributed by atoms with Gasteiger partial charge in [-0.2, -0.15) is 0 Å². The monoisotopic (exact) mass is 296 g/mol. The molecule has 0 bridgehead atoms. The number of aromatic nitrogens is 1. The van der Waals surface area contributed by atoms with E-state index in [0.29, 0.717) is 0 Å². The van der Waals surface area contributed by atoms with Crippen molar-refractivity contribution in [2.45, 2.75) is 39.5 Å². The first-order valence-corrected chi connectivity index (χ1v) is 7.30. The van der Waals surface area contributed by atoms with Crippen LogP contribution in [0.5, 0.6) is 0 Å². The minimum Gasteiger partial charge on any atom is -0.369 e. The van der Waals surface area contributed by atoms with Gasteiger partial charge in [-0.05, 0) is 59.2 Å². The molecular formula is C14H21BrN2. The van der Waals surface area contributed by atoms with Gasteiger partial charge >= 0.3 is 0 Å². The van der Waals surface area contributed by atoms with E-state index in [2.05, 4.69) is 46.1 Å². The van der Waals surface area contributed by atoms with Gasteiger partial charge in [0.2, 0.25) is 0 Å². The molecule has 1 aromatic heterocycles. The van der Waals surface area contributed by atoms with Crippen LogP contribution in [0.15, 0.2) is 16.7 Å². The Balaban J connectivity index is 1.85. The van der Waals surface area contributed by atoms with E-state index in [-0.39, 0.29) is 0 Å². The average Bonchev–Trinajstić information content (AvgIpc) is 2.30. The van der Waals surface area contributed by atoms with Crippen LogP contribution in [0.3, 0.4) is 0 Å². The summed E-state index contributed by atoms with van der Waals surface area (Å²) >= 11 is 3.56. The summed E-state index contributed by atoms with van der Waals surface area (Å²) in [5.74, 6) is 2.73. The molecule has 17 heavy (non-hydrogen) atoms. The van der Waals surface area contributed by atoms with E-state index in [1.54, 1.807) is 0 Å². The van der Waals surface area contributed by atoms with E-state index < -0.39 is 0 Å². The van der Waals surface area contributed by atoms with Crippen molar-refractivity contribution in [2.75, 3.05) is 11.9 Å². The molecule has 0 atom stereocenters. The molecule has 1 fully saturated rings. The molecule has 1 N–H and O–H groups in total. The minimum atomic E-state index is 0.821. The Kier molecular flexibility index (Phi) is 4.43. The standard InChI is InChI=1S/C14H21BrN2/c1-10-3-5-12(6-4-10)9-17-14-13(15)7-11(2)8-16-14/h7-8,10,12H,3-6,9H2,1-2H3,(H,16,17). The Hall–Kier alpha value is -0.570. The zero-order valence-electron chi connectivity index (χ0n) is 10.7. The van der Waals surface area contributed by atoms with Crippen LogP contribution >= 0.6 is 15.9 Å². The van der Waals surface area contributed by atoms with E-state index in [1.807, 2.05) is 6.20 Å². The van der Waals surface area contributed by atoms with Crippen LogP contribution in [0.25, 0.3) is 0 Å². The molecule has 1 aromatic rings. The van der Waals surface area contributed by atoms with E-state index in [4.69, 9.17) is 0 Å². The lowest BCUT2D eigenvalue weighted by Crippen LogP contribution is -2.20. The fourth-order valence-corrected chi connectivity index (χ4v) is 3.04. The van der Waals surface area contributed by atoms with Crippen LogP contribution in [-0.2, 0) is 0 Å². The summed E-state index contributed by atoms with van der Waals surface area (Å²) in [7, 11) is 0. The molecule has 2 rings (SSSR count). The van der Waals surface area contributed by atoms with Gasteiger partial charge in [-0.25, -0.2) is 4.98 Å². The fourth-order valence-electron chi connectivity index (χ4n) is 2.44. The van der Waals surface area contributed by atoms with Crippen LogP contribution in [0, 0.1) is 18.8 Å². The number of hydrogen-bond acceptors (Lipinski definition) is 2. The Bertz CT molecular complexity index is 370. The largest absolute Gasteiger partial charge is 0.369 e. The summed E-state index contributed by atoms with van der Waals surface area (Å²) < 4.78 is 1.07. The highest BCUT2D eigenvalue weighted by Crippen LogP contribution is 2.29. The SMILES string of the molecule is Cc1cnc(NCC2CCC(C)CC2)c(Br)c1. The molecule has 94 valence electrons. The summed E-state index contributed by atoms with van der Waals surface area (Å²) in [6.07, 6.45) is 7.40. The zero-order valence-corrected chi connectivity index (χ0v) is 12.3. The number of halogens is 1. The van der Waals surface area contributed by atoms with E-state index in [1.165, 1.54) is 31.2 Å². The molecular weight excluding hydrogens is 276 g/mol. The maximum absolute atomic E-state index is 4.42. The Labute approximate surface area is 112 Å². The highest BCUT2D eigenvalue weighted by atomic mass is 79.9. The van der Waals surface area contributed by atoms with Gasteiger partial charge < -0.3 is 5.32 Å². The summed E-state index contributed by atoms with van der Waals surface area (Å²) in [6, 6.07) is 2.11. The number of pyridine rings is 1. The topological polar surface area (TPSA) is 24.9 Å². The number of nitrogens with one attached hydrogen (secondary N) is 1. The molecule has 0 radical (unpaired) electrons. The molecule has 1 aliphatic rings. The van der Waals surface area contributed by atoms with Crippen molar-refractivity contribution in [3.05, 3.63) is 22.3 Å². The number of hydrogen-bond donors (Lipinski definition) is 1. The summed E-state index contributed by atoms with van der Waals surface area (Å²) in [4.78, 5) is 4.42. The van der Waals surface area contributed by atoms with Gasteiger partial charge in [-0.1, -0.05) is 19.8 Å². The third kappa shape index (κ3) is 3.70. The van der Waals surface area contributed by atoms with Gasteiger partial charge in [0.05, 0.1) is 4.47 Å². The maximum Gasteiger partial charge on any atom is 0.140 e. The van der Waals surface area contributed by atoms with Gasteiger partial charge in [0.25, 0.3) is 0 Å². The number of nitrogens with zero attached hydrogens (tertiary/aromatic N) is 1. The Morgan fingerprint density at radius 2 is 2.06 bits per heavy atom. The highest BCUT2D eigenvalue weighted by molar-refractivity contribution is 9.10. The van der Waals surface area contributed by atoms with Gasteiger partial charge in [0, 0.05) is 12.7 Å². The Morgan fingerprint density at radius 1 is 1.35 bits per heavy atom. The second-order valence-electron chi connectivity index (χ2n) is 5.35. The third-order valence-electron chi connectivity index (χ3n) is 3.67. The number of aryl methyl sites for hydroxylation is 1. The van der Waals surface area contributed by atoms with E-state index in [9.17, 15) is 0 Å². The summed E-state index contributed by atoms with van der Waals surface area (Å²) in [5.41, 5.74) is 1.19. The maximum atomic E-state index is 4.42. The van der Waals surface area contributed by atoms with Crippen molar-refractivity contribution in [1.29, 1.82) is 0 Å². The highest BCUT2D eigenvalue weighted by Gasteiger charge is 2.18. The average molecular weight is 297 g/mol. The summed E-state index contributed by atoms with van der Waals surface area (Å²) in [5, 5.41) is 3.47. The third-order valence-corrected chi connectivity index (χ3v) is 4.28. The quantitative estimate of drug-likeness (QED) is 0.895. The lowest BCUT2D eigenvalue weighted by Gasteiger charge is -2.26. The van der Waals surface area contributed by atoms with Crippen LogP contribution in [0.1, 0.15) is 38.2 Å². The molecule has 0 unspecified atom stereocenters. The second kappa shape index (κ2) is 5.85. The number of rotatable bonds is 3. The van der Waals surface area contributed by atoms with Crippen LogP contribution in [-0.4, -0.2) is 11.5 Å². The molecule has 2 nitrogen and oxygen atoms in total. The second-order valence-corrected chi connectivity index (χ2v) is 6.20. The molecule has 0 saturated heterocycles. The first-order valence-electron chi connectivity index (χ1n) is 6.51. The van der Waals surface area contributed by atoms with Crippen molar-refractivity contribution >= 4 is 21.7 Å². The van der Waals surface area contributed by atoms with Crippen molar-refractivity contribution < 1.29 is 0 Å². The molecule has 0 amide bonds. The molecule has 1 saturated carbocycles.